The van der Waals surface area contributed by atoms with Crippen LogP contribution in [0.2, 0.25) is 0 Å². The van der Waals surface area contributed by atoms with E-state index in [1.807, 2.05) is 12.1 Å². The topological polar surface area (TPSA) is 79.1 Å². The Morgan fingerprint density at radius 3 is 2.93 bits per heavy atom. The number of carbonyl (C=O) groups is 1. The number of nitrogens with zero attached hydrogens (tertiary/aromatic N) is 2. The number of methoxy groups -OCH3 is 1. The number of fused-ring (bicyclic) bond motifs is 1. The molecule has 0 bridgehead atoms. The lowest BCUT2D eigenvalue weighted by molar-refractivity contribution is -0.139. The molecule has 3 aromatic rings. The van der Waals surface area contributed by atoms with Crippen LogP contribution in [0.3, 0.4) is 0 Å². The van der Waals surface area contributed by atoms with Gasteiger partial charge < -0.3 is 14.2 Å². The van der Waals surface area contributed by atoms with Crippen LogP contribution in [0.15, 0.2) is 46.7 Å². The summed E-state index contributed by atoms with van der Waals surface area (Å²) in [6.45, 7) is 2.66. The smallest absolute Gasteiger partial charge is 0.331 e. The SMILES string of the molecule is CCCCOc1ccc(/C=C/C(=O)OCc2cc(=O)n3ccsc3n2)cc1OC. The largest absolute Gasteiger partial charge is 0.493 e. The molecule has 2 heterocycles. The van der Waals surface area contributed by atoms with E-state index in [0.717, 1.165) is 18.4 Å². The predicted molar refractivity (Wildman–Crippen MR) is 112 cm³/mol. The molecule has 3 rings (SSSR count). The molecule has 1 aromatic carbocycles. The van der Waals surface area contributed by atoms with Gasteiger partial charge in [-0.3, -0.25) is 9.20 Å². The highest BCUT2D eigenvalue weighted by Gasteiger charge is 2.07. The van der Waals surface area contributed by atoms with Crippen molar-refractivity contribution in [1.82, 2.24) is 9.38 Å². The third kappa shape index (κ3) is 5.45. The third-order valence-electron chi connectivity index (χ3n) is 4.07. The number of carbonyl (C=O) groups excluding carboxylic acids is 1. The Balaban J connectivity index is 1.60. The quantitative estimate of drug-likeness (QED) is 0.302. The minimum absolute atomic E-state index is 0.0691. The molecule has 0 N–H and O–H groups in total. The van der Waals surface area contributed by atoms with Crippen molar-refractivity contribution in [2.75, 3.05) is 13.7 Å². The summed E-state index contributed by atoms with van der Waals surface area (Å²) in [6.07, 6.45) is 6.63. The zero-order chi connectivity index (χ0) is 20.6. The van der Waals surface area contributed by atoms with Gasteiger partial charge in [-0.25, -0.2) is 9.78 Å². The zero-order valence-corrected chi connectivity index (χ0v) is 17.1. The number of hydrogen-bond acceptors (Lipinski definition) is 7. The van der Waals surface area contributed by atoms with Crippen molar-refractivity contribution in [1.29, 1.82) is 0 Å². The molecule has 2 aromatic heterocycles. The highest BCUT2D eigenvalue weighted by Crippen LogP contribution is 2.28. The van der Waals surface area contributed by atoms with Crippen molar-refractivity contribution in [2.24, 2.45) is 0 Å². The summed E-state index contributed by atoms with van der Waals surface area (Å²) in [6, 6.07) is 6.80. The van der Waals surface area contributed by atoms with Gasteiger partial charge in [0.15, 0.2) is 16.5 Å². The highest BCUT2D eigenvalue weighted by molar-refractivity contribution is 7.15. The number of benzene rings is 1. The molecule has 0 aliphatic rings. The summed E-state index contributed by atoms with van der Waals surface area (Å²) in [5, 5.41) is 1.77. The number of rotatable bonds is 9. The average molecular weight is 414 g/mol. The molecule has 0 unspecified atom stereocenters. The molecular weight excluding hydrogens is 392 g/mol. The zero-order valence-electron chi connectivity index (χ0n) is 16.3. The Kier molecular flexibility index (Phi) is 7.02. The molecule has 152 valence electrons. The van der Waals surface area contributed by atoms with Gasteiger partial charge in [0.1, 0.15) is 6.61 Å². The van der Waals surface area contributed by atoms with Crippen LogP contribution < -0.4 is 15.0 Å². The minimum Gasteiger partial charge on any atom is -0.493 e. The van der Waals surface area contributed by atoms with Crippen LogP contribution in [0.1, 0.15) is 31.0 Å². The lowest BCUT2D eigenvalue weighted by atomic mass is 10.2. The van der Waals surface area contributed by atoms with Crippen LogP contribution in [-0.4, -0.2) is 29.1 Å². The first-order valence-electron chi connectivity index (χ1n) is 9.22. The maximum atomic E-state index is 12.0. The number of unbranched alkanes of at least 4 members (excludes halogenated alkanes) is 1. The van der Waals surface area contributed by atoms with Gasteiger partial charge in [-0.05, 0) is 30.2 Å². The van der Waals surface area contributed by atoms with Crippen molar-refractivity contribution in [3.63, 3.8) is 0 Å². The Hall–Kier alpha value is -3.13. The highest BCUT2D eigenvalue weighted by atomic mass is 32.1. The fourth-order valence-electron chi connectivity index (χ4n) is 2.55. The Bertz CT molecular complexity index is 1070. The van der Waals surface area contributed by atoms with Gasteiger partial charge in [0, 0.05) is 23.7 Å². The summed E-state index contributed by atoms with van der Waals surface area (Å²) in [5.41, 5.74) is 0.985. The van der Waals surface area contributed by atoms with Crippen molar-refractivity contribution in [2.45, 2.75) is 26.4 Å². The van der Waals surface area contributed by atoms with E-state index in [1.54, 1.807) is 30.8 Å². The first-order valence-corrected chi connectivity index (χ1v) is 10.1. The lowest BCUT2D eigenvalue weighted by Gasteiger charge is -2.10. The number of esters is 1. The molecule has 0 aliphatic carbocycles. The summed E-state index contributed by atoms with van der Waals surface area (Å²) in [5.74, 6) is 0.743. The molecule has 0 saturated carbocycles. The van der Waals surface area contributed by atoms with Gasteiger partial charge in [-0.1, -0.05) is 19.4 Å². The van der Waals surface area contributed by atoms with E-state index < -0.39 is 5.97 Å². The fraction of sp³-hybridized carbons (Fsp3) is 0.286. The van der Waals surface area contributed by atoms with Gasteiger partial charge in [-0.2, -0.15) is 0 Å². The lowest BCUT2D eigenvalue weighted by Crippen LogP contribution is -2.14. The maximum absolute atomic E-state index is 12.0. The molecule has 0 spiro atoms. The first kappa shape index (κ1) is 20.6. The monoisotopic (exact) mass is 414 g/mol. The van der Waals surface area contributed by atoms with E-state index >= 15 is 0 Å². The maximum Gasteiger partial charge on any atom is 0.331 e. The van der Waals surface area contributed by atoms with E-state index in [9.17, 15) is 9.59 Å². The molecule has 8 heteroatoms. The van der Waals surface area contributed by atoms with E-state index in [2.05, 4.69) is 11.9 Å². The molecule has 7 nitrogen and oxygen atoms in total. The van der Waals surface area contributed by atoms with E-state index in [-0.39, 0.29) is 12.2 Å². The minimum atomic E-state index is -0.527. The number of ether oxygens (including phenoxy) is 3. The Morgan fingerprint density at radius 2 is 2.14 bits per heavy atom. The normalized spacial score (nSPS) is 11.1. The van der Waals surface area contributed by atoms with Crippen LogP contribution in [0, 0.1) is 0 Å². The van der Waals surface area contributed by atoms with Crippen LogP contribution in [0.25, 0.3) is 11.0 Å². The molecule has 0 amide bonds. The van der Waals surface area contributed by atoms with Gasteiger partial charge >= 0.3 is 5.97 Å². The van der Waals surface area contributed by atoms with Crippen LogP contribution in [-0.2, 0) is 16.1 Å². The Labute approximate surface area is 172 Å². The summed E-state index contributed by atoms with van der Waals surface area (Å²) < 4.78 is 17.7. The van der Waals surface area contributed by atoms with Gasteiger partial charge in [0.05, 0.1) is 19.4 Å². The third-order valence-corrected chi connectivity index (χ3v) is 4.83. The van der Waals surface area contributed by atoms with Crippen LogP contribution in [0.5, 0.6) is 11.5 Å². The van der Waals surface area contributed by atoms with Gasteiger partial charge in [0.2, 0.25) is 0 Å². The average Bonchev–Trinajstić information content (AvgIpc) is 3.20. The molecule has 0 aliphatic heterocycles. The number of thiazole rings is 1. The second-order valence-electron chi connectivity index (χ2n) is 6.19. The van der Waals surface area contributed by atoms with Crippen molar-refractivity contribution in [3.8, 4) is 11.5 Å². The summed E-state index contributed by atoms with van der Waals surface area (Å²) in [4.78, 5) is 28.8. The predicted octanol–water partition coefficient (Wildman–Crippen LogP) is 3.70. The number of hydrogen-bond donors (Lipinski definition) is 0. The molecular formula is C21H22N2O5S. The standard InChI is InChI=1S/C21H22N2O5S/c1-3-4-10-27-17-7-5-15(12-18(17)26-2)6-8-20(25)28-14-16-13-19(24)23-9-11-29-21(23)22-16/h5-9,11-13H,3-4,10,14H2,1-2H3/b8-6+. The van der Waals surface area contributed by atoms with Crippen molar-refractivity contribution in [3.05, 3.63) is 63.5 Å². The summed E-state index contributed by atoms with van der Waals surface area (Å²) >= 11 is 1.34. The van der Waals surface area contributed by atoms with E-state index in [1.165, 1.54) is 27.9 Å². The number of aromatic nitrogens is 2. The fourth-order valence-corrected chi connectivity index (χ4v) is 3.29. The molecule has 0 atom stereocenters. The van der Waals surface area contributed by atoms with Gasteiger partial charge in [0.25, 0.3) is 5.56 Å². The summed E-state index contributed by atoms with van der Waals surface area (Å²) in [7, 11) is 1.57. The molecule has 29 heavy (non-hydrogen) atoms. The van der Waals surface area contributed by atoms with Crippen LogP contribution >= 0.6 is 11.3 Å². The van der Waals surface area contributed by atoms with E-state index in [0.29, 0.717) is 28.8 Å². The molecule has 0 fully saturated rings. The molecule has 0 saturated heterocycles. The first-order chi connectivity index (χ1) is 14.1. The van der Waals surface area contributed by atoms with Crippen LogP contribution in [0.4, 0.5) is 0 Å². The second-order valence-corrected chi connectivity index (χ2v) is 7.07. The van der Waals surface area contributed by atoms with Gasteiger partial charge in [-0.15, -0.1) is 11.3 Å². The van der Waals surface area contributed by atoms with Crippen molar-refractivity contribution < 1.29 is 19.0 Å². The van der Waals surface area contributed by atoms with Crippen molar-refractivity contribution >= 4 is 28.3 Å². The molecule has 0 radical (unpaired) electrons. The second kappa shape index (κ2) is 9.88. The van der Waals surface area contributed by atoms with E-state index in [4.69, 9.17) is 14.2 Å². The Morgan fingerprint density at radius 1 is 1.28 bits per heavy atom.